The van der Waals surface area contributed by atoms with E-state index in [2.05, 4.69) is 0 Å². The van der Waals surface area contributed by atoms with Crippen LogP contribution in [0.5, 0.6) is 0 Å². The van der Waals surface area contributed by atoms with E-state index in [-0.39, 0.29) is 25.7 Å². The highest BCUT2D eigenvalue weighted by Gasteiger charge is 2.27. The molecule has 122 valence electrons. The molecule has 0 aromatic heterocycles. The van der Waals surface area contributed by atoms with Gasteiger partial charge in [0.2, 0.25) is 0 Å². The molecular weight excluding hydrogens is 290 g/mol. The van der Waals surface area contributed by atoms with E-state index in [1.807, 2.05) is 48.5 Å². The van der Waals surface area contributed by atoms with Crippen LogP contribution in [0.3, 0.4) is 0 Å². The first kappa shape index (κ1) is 17.2. The zero-order valence-electron chi connectivity index (χ0n) is 13.6. The summed E-state index contributed by atoms with van der Waals surface area (Å²) < 4.78 is 0. The van der Waals surface area contributed by atoms with Crippen molar-refractivity contribution in [3.63, 3.8) is 0 Å². The maximum absolute atomic E-state index is 12.8. The Hall–Kier alpha value is -2.17. The van der Waals surface area contributed by atoms with Crippen LogP contribution in [0, 0.1) is 5.41 Å². The summed E-state index contributed by atoms with van der Waals surface area (Å²) in [5, 5.41) is 18.8. The van der Waals surface area contributed by atoms with Gasteiger partial charge >= 0.3 is 0 Å². The van der Waals surface area contributed by atoms with Crippen molar-refractivity contribution >= 4 is 5.91 Å². The summed E-state index contributed by atoms with van der Waals surface area (Å²) in [5.74, 6) is -0.127. The molecule has 0 saturated heterocycles. The van der Waals surface area contributed by atoms with Gasteiger partial charge in [0.1, 0.15) is 0 Å². The molecule has 0 aliphatic carbocycles. The lowest BCUT2D eigenvalue weighted by Crippen LogP contribution is -2.41. The summed E-state index contributed by atoms with van der Waals surface area (Å²) in [5.41, 5.74) is 1.75. The molecule has 4 heteroatoms. The Morgan fingerprint density at radius 2 is 1.57 bits per heavy atom. The Balaban J connectivity index is 2.30. The van der Waals surface area contributed by atoms with Gasteiger partial charge < -0.3 is 15.1 Å². The molecule has 0 saturated carbocycles. The van der Waals surface area contributed by atoms with Gasteiger partial charge in [-0.2, -0.15) is 0 Å². The Labute approximate surface area is 137 Å². The van der Waals surface area contributed by atoms with E-state index >= 15 is 0 Å². The van der Waals surface area contributed by atoms with Crippen LogP contribution < -0.4 is 0 Å². The van der Waals surface area contributed by atoms with Gasteiger partial charge in [-0.15, -0.1) is 0 Å². The zero-order chi connectivity index (χ0) is 16.9. The molecule has 2 rings (SSSR count). The van der Waals surface area contributed by atoms with Crippen LogP contribution in [0.1, 0.15) is 17.3 Å². The number of hydrogen-bond donors (Lipinski definition) is 2. The number of rotatable bonds is 6. The number of nitrogens with zero attached hydrogens (tertiary/aromatic N) is 1. The van der Waals surface area contributed by atoms with Gasteiger partial charge in [0, 0.05) is 24.6 Å². The molecule has 0 radical (unpaired) electrons. The zero-order valence-corrected chi connectivity index (χ0v) is 13.6. The third-order valence-corrected chi connectivity index (χ3v) is 3.97. The fourth-order valence-corrected chi connectivity index (χ4v) is 2.54. The lowest BCUT2D eigenvalue weighted by molar-refractivity contribution is 0.0366. The van der Waals surface area contributed by atoms with Crippen molar-refractivity contribution in [1.29, 1.82) is 0 Å². The van der Waals surface area contributed by atoms with Crippen LogP contribution in [-0.2, 0) is 0 Å². The Morgan fingerprint density at radius 3 is 2.17 bits per heavy atom. The van der Waals surface area contributed by atoms with Crippen LogP contribution in [0.2, 0.25) is 0 Å². The van der Waals surface area contributed by atoms with Crippen LogP contribution in [0.15, 0.2) is 54.6 Å². The molecule has 0 bridgehead atoms. The predicted octanol–water partition coefficient (Wildman–Crippen LogP) is 2.42. The van der Waals surface area contributed by atoms with Crippen molar-refractivity contribution in [3.05, 3.63) is 60.2 Å². The van der Waals surface area contributed by atoms with Gasteiger partial charge in [0.15, 0.2) is 0 Å². The summed E-state index contributed by atoms with van der Waals surface area (Å²) in [4.78, 5) is 14.4. The first-order valence-corrected chi connectivity index (χ1v) is 7.62. The number of carbonyl (C=O) groups is 1. The van der Waals surface area contributed by atoms with E-state index in [1.165, 1.54) is 0 Å². The summed E-state index contributed by atoms with van der Waals surface area (Å²) in [6.45, 7) is 1.67. The average Bonchev–Trinajstić information content (AvgIpc) is 2.61. The van der Waals surface area contributed by atoms with Crippen molar-refractivity contribution in [2.24, 2.45) is 5.41 Å². The standard InChI is InChI=1S/C19H23NO3/c1-19(13-21,14-22)12-20(2)18(23)17-11-7-6-10-16(17)15-8-4-3-5-9-15/h3-11,21-22H,12-14H2,1-2H3. The van der Waals surface area contributed by atoms with Gasteiger partial charge in [-0.1, -0.05) is 55.5 Å². The Morgan fingerprint density at radius 1 is 1.00 bits per heavy atom. The minimum absolute atomic E-state index is 0.127. The van der Waals surface area contributed by atoms with E-state index in [1.54, 1.807) is 24.9 Å². The van der Waals surface area contributed by atoms with Crippen molar-refractivity contribution in [1.82, 2.24) is 4.90 Å². The molecule has 0 aliphatic rings. The van der Waals surface area contributed by atoms with Gasteiger partial charge in [0.05, 0.1) is 13.2 Å². The second-order valence-electron chi connectivity index (χ2n) is 6.20. The quantitative estimate of drug-likeness (QED) is 0.861. The summed E-state index contributed by atoms with van der Waals surface area (Å²) in [6.07, 6.45) is 0. The van der Waals surface area contributed by atoms with Crippen molar-refractivity contribution < 1.29 is 15.0 Å². The highest BCUT2D eigenvalue weighted by molar-refractivity contribution is 6.00. The molecule has 4 nitrogen and oxygen atoms in total. The van der Waals surface area contributed by atoms with Crippen LogP contribution >= 0.6 is 0 Å². The molecule has 2 aromatic rings. The van der Waals surface area contributed by atoms with Crippen molar-refractivity contribution in [2.45, 2.75) is 6.92 Å². The average molecular weight is 313 g/mol. The van der Waals surface area contributed by atoms with E-state index in [0.29, 0.717) is 5.56 Å². The van der Waals surface area contributed by atoms with Crippen molar-refractivity contribution in [2.75, 3.05) is 26.8 Å². The molecule has 0 heterocycles. The maximum atomic E-state index is 12.8. The number of hydrogen-bond acceptors (Lipinski definition) is 3. The maximum Gasteiger partial charge on any atom is 0.254 e. The monoisotopic (exact) mass is 313 g/mol. The number of aliphatic hydroxyl groups is 2. The second kappa shape index (κ2) is 7.40. The first-order chi connectivity index (χ1) is 11.0. The number of carbonyl (C=O) groups excluding carboxylic acids is 1. The van der Waals surface area contributed by atoms with E-state index in [0.717, 1.165) is 11.1 Å². The number of benzene rings is 2. The van der Waals surface area contributed by atoms with E-state index in [9.17, 15) is 15.0 Å². The number of aliphatic hydroxyl groups excluding tert-OH is 2. The topological polar surface area (TPSA) is 60.8 Å². The first-order valence-electron chi connectivity index (χ1n) is 7.62. The van der Waals surface area contributed by atoms with Gasteiger partial charge in [0.25, 0.3) is 5.91 Å². The van der Waals surface area contributed by atoms with E-state index < -0.39 is 5.41 Å². The highest BCUT2D eigenvalue weighted by Crippen LogP contribution is 2.25. The summed E-state index contributed by atoms with van der Waals surface area (Å²) in [6, 6.07) is 17.2. The molecule has 2 aromatic carbocycles. The third kappa shape index (κ3) is 3.97. The Kier molecular flexibility index (Phi) is 5.53. The molecule has 23 heavy (non-hydrogen) atoms. The molecule has 0 atom stereocenters. The van der Waals surface area contributed by atoms with Crippen LogP contribution in [-0.4, -0.2) is 47.8 Å². The van der Waals surface area contributed by atoms with E-state index in [4.69, 9.17) is 0 Å². The second-order valence-corrected chi connectivity index (χ2v) is 6.20. The predicted molar refractivity (Wildman–Crippen MR) is 91.1 cm³/mol. The molecule has 0 spiro atoms. The fraction of sp³-hybridized carbons (Fsp3) is 0.316. The lowest BCUT2D eigenvalue weighted by Gasteiger charge is -2.30. The number of amides is 1. The molecule has 0 unspecified atom stereocenters. The minimum Gasteiger partial charge on any atom is -0.396 e. The van der Waals surface area contributed by atoms with Gasteiger partial charge in [-0.05, 0) is 17.2 Å². The largest absolute Gasteiger partial charge is 0.396 e. The molecule has 0 fully saturated rings. The molecule has 1 amide bonds. The molecule has 2 N–H and O–H groups in total. The third-order valence-electron chi connectivity index (χ3n) is 3.97. The SMILES string of the molecule is CN(CC(C)(CO)CO)C(=O)c1ccccc1-c1ccccc1. The smallest absolute Gasteiger partial charge is 0.254 e. The summed E-state index contributed by atoms with van der Waals surface area (Å²) in [7, 11) is 1.69. The van der Waals surface area contributed by atoms with Crippen molar-refractivity contribution in [3.8, 4) is 11.1 Å². The molecule has 0 aliphatic heterocycles. The highest BCUT2D eigenvalue weighted by atomic mass is 16.3. The van der Waals surface area contributed by atoms with Gasteiger partial charge in [-0.25, -0.2) is 0 Å². The fourth-order valence-electron chi connectivity index (χ4n) is 2.54. The summed E-state index contributed by atoms with van der Waals surface area (Å²) >= 11 is 0. The van der Waals surface area contributed by atoms with Gasteiger partial charge in [-0.3, -0.25) is 4.79 Å². The molecular formula is C19H23NO3. The van der Waals surface area contributed by atoms with Crippen LogP contribution in [0.25, 0.3) is 11.1 Å². The minimum atomic E-state index is -0.716. The lowest BCUT2D eigenvalue weighted by atomic mass is 9.92. The van der Waals surface area contributed by atoms with Crippen LogP contribution in [0.4, 0.5) is 0 Å². The Bertz CT molecular complexity index is 651. The normalized spacial score (nSPS) is 11.3.